The smallest absolute Gasteiger partial charge is 0.416 e. The Morgan fingerprint density at radius 2 is 1.58 bits per heavy atom. The number of hydrogen-bond donors (Lipinski definition) is 1. The maximum Gasteiger partial charge on any atom is 0.416 e. The highest BCUT2D eigenvalue weighted by Gasteiger charge is 2.57. The predicted octanol–water partition coefficient (Wildman–Crippen LogP) is 6.84. The third kappa shape index (κ3) is 6.61. The Labute approximate surface area is 293 Å². The second-order valence-electron chi connectivity index (χ2n) is 12.9. The maximum absolute atomic E-state index is 14.2. The first kappa shape index (κ1) is 35.1. The lowest BCUT2D eigenvalue weighted by Gasteiger charge is -2.31. The Bertz CT molecular complexity index is 2050. The minimum Gasteiger partial charge on any atom is -0.462 e. The third-order valence-corrected chi connectivity index (χ3v) is 11.2. The summed E-state index contributed by atoms with van der Waals surface area (Å²) >= 11 is 1.89. The number of benzene rings is 3. The van der Waals surface area contributed by atoms with E-state index in [1.54, 1.807) is 6.92 Å². The standard InChI is InChI=1S/C36H32F3N3O6S2/c1-5-48-33(46)20-11-15-24(16-12-20)42-30(44)27-26(19-9-13-21(14-10-19)35(2,3)4)29-32(49-28(27)31(42)45)41(34(47)50-29)18-25(43)40-23-8-6-7-22(17-23)36(37,38)39/h6-17,26-28H,5,18H2,1-4H3,(H,40,43)/t26-,27+,28-/m0/s1. The van der Waals surface area contributed by atoms with E-state index < -0.39 is 63.9 Å². The van der Waals surface area contributed by atoms with Crippen LogP contribution in [0.2, 0.25) is 0 Å². The zero-order chi connectivity index (χ0) is 36.1. The highest BCUT2D eigenvalue weighted by Crippen LogP contribution is 2.54. The summed E-state index contributed by atoms with van der Waals surface area (Å²) < 4.78 is 46.0. The average molecular weight is 724 g/mol. The number of anilines is 2. The van der Waals surface area contributed by atoms with Gasteiger partial charge in [0.25, 0.3) is 0 Å². The second kappa shape index (κ2) is 13.2. The van der Waals surface area contributed by atoms with E-state index in [0.717, 1.165) is 45.7 Å². The molecule has 1 N–H and O–H groups in total. The second-order valence-corrected chi connectivity index (χ2v) is 15.1. The van der Waals surface area contributed by atoms with Crippen LogP contribution in [-0.4, -0.2) is 40.1 Å². The third-order valence-electron chi connectivity index (χ3n) is 8.60. The SMILES string of the molecule is CCOC(=O)c1ccc(N2C(=O)[C@@H]3[C@H](c4ccc(C(C)(C)C)cc4)c4sc(=O)n(CC(=O)Nc5cccc(C(F)(F)F)c5)c4S[C@@H]3C2=O)cc1. The van der Waals surface area contributed by atoms with Gasteiger partial charge in [0.15, 0.2) is 0 Å². The Morgan fingerprint density at radius 3 is 2.20 bits per heavy atom. The van der Waals surface area contributed by atoms with Crippen LogP contribution < -0.4 is 15.1 Å². The van der Waals surface area contributed by atoms with E-state index >= 15 is 0 Å². The topological polar surface area (TPSA) is 115 Å². The van der Waals surface area contributed by atoms with Gasteiger partial charge in [-0.1, -0.05) is 74.2 Å². The molecule has 0 unspecified atom stereocenters. The molecule has 0 bridgehead atoms. The van der Waals surface area contributed by atoms with Crippen molar-refractivity contribution in [3.8, 4) is 0 Å². The summed E-state index contributed by atoms with van der Waals surface area (Å²) in [5.74, 6) is -3.87. The van der Waals surface area contributed by atoms with E-state index in [4.69, 9.17) is 4.74 Å². The molecule has 1 aromatic heterocycles. The number of thiazole rings is 1. The van der Waals surface area contributed by atoms with Crippen molar-refractivity contribution in [3.63, 3.8) is 0 Å². The molecule has 14 heteroatoms. The van der Waals surface area contributed by atoms with Crippen molar-refractivity contribution >= 4 is 58.2 Å². The molecule has 3 amide bonds. The fourth-order valence-corrected chi connectivity index (χ4v) is 8.91. The van der Waals surface area contributed by atoms with Crippen LogP contribution in [0.15, 0.2) is 82.6 Å². The van der Waals surface area contributed by atoms with E-state index in [-0.39, 0.29) is 29.0 Å². The largest absolute Gasteiger partial charge is 0.462 e. The molecule has 2 aliphatic rings. The number of aromatic nitrogens is 1. The van der Waals surface area contributed by atoms with Crippen molar-refractivity contribution in [2.24, 2.45) is 5.92 Å². The molecule has 2 aliphatic heterocycles. The van der Waals surface area contributed by atoms with Crippen molar-refractivity contribution in [1.82, 2.24) is 4.57 Å². The van der Waals surface area contributed by atoms with Gasteiger partial charge in [-0.15, -0.1) is 0 Å². The van der Waals surface area contributed by atoms with Crippen molar-refractivity contribution in [3.05, 3.63) is 110 Å². The Balaban J connectivity index is 1.37. The number of ether oxygens (including phenoxy) is 1. The quantitative estimate of drug-likeness (QED) is 0.164. The first-order chi connectivity index (χ1) is 23.6. The van der Waals surface area contributed by atoms with Gasteiger partial charge < -0.3 is 10.1 Å². The van der Waals surface area contributed by atoms with Gasteiger partial charge in [-0.25, -0.2) is 9.69 Å². The van der Waals surface area contributed by atoms with Gasteiger partial charge in [-0.3, -0.25) is 23.7 Å². The number of amides is 3. The predicted molar refractivity (Wildman–Crippen MR) is 184 cm³/mol. The van der Waals surface area contributed by atoms with Crippen LogP contribution in [0.3, 0.4) is 0 Å². The van der Waals surface area contributed by atoms with Crippen LogP contribution in [0.5, 0.6) is 0 Å². The number of halogens is 3. The molecule has 6 rings (SSSR count). The van der Waals surface area contributed by atoms with Crippen molar-refractivity contribution in [2.45, 2.75) is 62.0 Å². The molecule has 0 saturated carbocycles. The maximum atomic E-state index is 14.2. The van der Waals surface area contributed by atoms with Crippen LogP contribution in [-0.2, 0) is 37.3 Å². The molecular weight excluding hydrogens is 692 g/mol. The Hall–Kier alpha value is -4.69. The summed E-state index contributed by atoms with van der Waals surface area (Å²) in [5.41, 5.74) is 1.08. The lowest BCUT2D eigenvalue weighted by Crippen LogP contribution is -2.33. The summed E-state index contributed by atoms with van der Waals surface area (Å²) in [6, 6.07) is 17.8. The summed E-state index contributed by atoms with van der Waals surface area (Å²) in [6.07, 6.45) is -4.61. The van der Waals surface area contributed by atoms with Gasteiger partial charge in [-0.2, -0.15) is 13.2 Å². The van der Waals surface area contributed by atoms with E-state index in [9.17, 15) is 37.1 Å². The molecule has 0 aliphatic carbocycles. The molecule has 3 aromatic carbocycles. The van der Waals surface area contributed by atoms with Gasteiger partial charge in [0, 0.05) is 16.5 Å². The van der Waals surface area contributed by atoms with E-state index in [1.807, 2.05) is 24.3 Å². The number of nitrogens with one attached hydrogen (secondary N) is 1. The summed E-state index contributed by atoms with van der Waals surface area (Å²) in [6.45, 7) is 7.53. The first-order valence-electron chi connectivity index (χ1n) is 15.7. The summed E-state index contributed by atoms with van der Waals surface area (Å²) in [4.78, 5) is 68.2. The molecule has 50 heavy (non-hydrogen) atoms. The van der Waals surface area contributed by atoms with Gasteiger partial charge >= 0.3 is 17.0 Å². The van der Waals surface area contributed by atoms with Gasteiger partial charge in [0.05, 0.1) is 34.4 Å². The number of rotatable bonds is 7. The number of fused-ring (bicyclic) bond motifs is 2. The van der Waals surface area contributed by atoms with Crippen LogP contribution in [0, 0.1) is 5.92 Å². The molecule has 3 atom stereocenters. The fourth-order valence-electron chi connectivity index (χ4n) is 6.14. The number of imide groups is 1. The average Bonchev–Trinajstić information content (AvgIpc) is 3.50. The van der Waals surface area contributed by atoms with Crippen LogP contribution in [0.25, 0.3) is 0 Å². The van der Waals surface area contributed by atoms with Crippen molar-refractivity contribution in [2.75, 3.05) is 16.8 Å². The lowest BCUT2D eigenvalue weighted by atomic mass is 9.81. The number of esters is 1. The minimum absolute atomic E-state index is 0.0901. The molecule has 1 saturated heterocycles. The number of carbonyl (C=O) groups excluding carboxylic acids is 4. The monoisotopic (exact) mass is 723 g/mol. The van der Waals surface area contributed by atoms with E-state index in [2.05, 4.69) is 26.1 Å². The summed E-state index contributed by atoms with van der Waals surface area (Å²) in [5, 5.41) is 1.81. The normalized spacial score (nSPS) is 18.9. The first-order valence-corrected chi connectivity index (χ1v) is 17.4. The molecule has 9 nitrogen and oxygen atoms in total. The minimum atomic E-state index is -4.61. The fraction of sp³-hybridized carbons (Fsp3) is 0.306. The highest BCUT2D eigenvalue weighted by atomic mass is 32.2. The molecular formula is C36H32F3N3O6S2. The molecule has 1 fully saturated rings. The van der Waals surface area contributed by atoms with Crippen LogP contribution >= 0.6 is 23.1 Å². The Morgan fingerprint density at radius 1 is 0.900 bits per heavy atom. The van der Waals surface area contributed by atoms with Gasteiger partial charge in [-0.05, 0) is 65.9 Å². The zero-order valence-electron chi connectivity index (χ0n) is 27.4. The number of carbonyl (C=O) groups is 4. The molecule has 4 aromatic rings. The molecule has 260 valence electrons. The molecule has 3 heterocycles. The van der Waals surface area contributed by atoms with E-state index in [0.29, 0.717) is 15.5 Å². The molecule has 0 radical (unpaired) electrons. The number of thioether (sulfide) groups is 1. The Kier molecular flexibility index (Phi) is 9.29. The van der Waals surface area contributed by atoms with Crippen LogP contribution in [0.4, 0.5) is 24.5 Å². The lowest BCUT2D eigenvalue weighted by molar-refractivity contribution is -0.137. The highest BCUT2D eigenvalue weighted by molar-refractivity contribution is 8.00. The number of hydrogen-bond acceptors (Lipinski definition) is 8. The summed E-state index contributed by atoms with van der Waals surface area (Å²) in [7, 11) is 0. The van der Waals surface area contributed by atoms with Crippen molar-refractivity contribution in [1.29, 1.82) is 0 Å². The van der Waals surface area contributed by atoms with E-state index in [1.165, 1.54) is 41.0 Å². The number of nitrogens with zero attached hydrogens (tertiary/aromatic N) is 2. The molecule has 0 spiro atoms. The van der Waals surface area contributed by atoms with Crippen molar-refractivity contribution < 1.29 is 37.1 Å². The van der Waals surface area contributed by atoms with Crippen LogP contribution in [0.1, 0.15) is 65.5 Å². The van der Waals surface area contributed by atoms with Gasteiger partial charge in [0.1, 0.15) is 11.8 Å². The zero-order valence-corrected chi connectivity index (χ0v) is 29.0. The van der Waals surface area contributed by atoms with Gasteiger partial charge in [0.2, 0.25) is 17.7 Å². The number of alkyl halides is 3.